The van der Waals surface area contributed by atoms with Gasteiger partial charge in [-0.05, 0) is 61.2 Å². The monoisotopic (exact) mass is 392 g/mol. The molecule has 5 rings (SSSR count). The molecule has 0 aromatic carbocycles. The third kappa shape index (κ3) is 2.82. The topological polar surface area (TPSA) is 51.9 Å². The lowest BCUT2D eigenvalue weighted by atomic mass is 9.94. The van der Waals surface area contributed by atoms with Crippen LogP contribution in [0.2, 0.25) is 5.02 Å². The third-order valence-electron chi connectivity index (χ3n) is 5.82. The second kappa shape index (κ2) is 6.76. The molecule has 0 radical (unpaired) electrons. The lowest BCUT2D eigenvalue weighted by Gasteiger charge is -2.18. The number of pyridine rings is 2. The molecule has 1 N–H and O–H groups in total. The number of nitrogens with zero attached hydrogens (tertiary/aromatic N) is 3. The number of rotatable bonds is 2. The minimum absolute atomic E-state index is 0.0374. The van der Waals surface area contributed by atoms with E-state index in [1.165, 1.54) is 22.5 Å². The molecule has 3 aromatic rings. The van der Waals surface area contributed by atoms with Gasteiger partial charge >= 0.3 is 0 Å². The summed E-state index contributed by atoms with van der Waals surface area (Å²) in [4.78, 5) is 17.1. The van der Waals surface area contributed by atoms with Crippen molar-refractivity contribution in [3.8, 4) is 11.3 Å². The molecule has 0 unspecified atom stereocenters. The first-order valence-corrected chi connectivity index (χ1v) is 9.95. The average molecular weight is 393 g/mol. The first-order chi connectivity index (χ1) is 13.6. The van der Waals surface area contributed by atoms with E-state index in [1.807, 2.05) is 18.3 Å². The van der Waals surface area contributed by atoms with Crippen LogP contribution < -0.4 is 10.9 Å². The fraction of sp³-hybridized carbons (Fsp3) is 0.273. The maximum atomic E-state index is 12.8. The molecule has 0 spiro atoms. The number of allylic oxidation sites excluding steroid dienone is 1. The van der Waals surface area contributed by atoms with Crippen LogP contribution in [0, 0.1) is 0 Å². The van der Waals surface area contributed by atoms with Crippen molar-refractivity contribution in [2.45, 2.75) is 25.8 Å². The number of hydrogen-bond donors (Lipinski definition) is 1. The highest BCUT2D eigenvalue weighted by Crippen LogP contribution is 2.33. The minimum Gasteiger partial charge on any atom is -0.346 e. The van der Waals surface area contributed by atoms with Crippen molar-refractivity contribution in [3.05, 3.63) is 74.6 Å². The molecule has 28 heavy (non-hydrogen) atoms. The fourth-order valence-electron chi connectivity index (χ4n) is 4.38. The zero-order valence-corrected chi connectivity index (χ0v) is 16.5. The highest BCUT2D eigenvalue weighted by atomic mass is 35.5. The Bertz CT molecular complexity index is 1150. The summed E-state index contributed by atoms with van der Waals surface area (Å²) in [7, 11) is 2.13. The SMILES string of the molecule is Cn1c2c(c3c1CNCC3)CCC(n1ccc(-c3ccc(Cl)cn3)cc1=O)=C2. The summed E-state index contributed by atoms with van der Waals surface area (Å²) < 4.78 is 4.04. The number of hydrogen-bond acceptors (Lipinski definition) is 3. The Morgan fingerprint density at radius 2 is 2.04 bits per heavy atom. The van der Waals surface area contributed by atoms with Crippen LogP contribution >= 0.6 is 11.6 Å². The summed E-state index contributed by atoms with van der Waals surface area (Å²) in [5.74, 6) is 0. The van der Waals surface area contributed by atoms with Gasteiger partial charge in [0.1, 0.15) is 0 Å². The predicted octanol–water partition coefficient (Wildman–Crippen LogP) is 3.49. The zero-order chi connectivity index (χ0) is 19.3. The fourth-order valence-corrected chi connectivity index (χ4v) is 4.49. The van der Waals surface area contributed by atoms with Gasteiger partial charge in [-0.25, -0.2) is 0 Å². The quantitative estimate of drug-likeness (QED) is 0.726. The Hall–Kier alpha value is -2.63. The van der Waals surface area contributed by atoms with Crippen LogP contribution in [0.4, 0.5) is 0 Å². The van der Waals surface area contributed by atoms with E-state index in [9.17, 15) is 4.79 Å². The van der Waals surface area contributed by atoms with Crippen LogP contribution in [0.1, 0.15) is 28.9 Å². The molecule has 0 atom stereocenters. The first-order valence-electron chi connectivity index (χ1n) is 9.57. The summed E-state index contributed by atoms with van der Waals surface area (Å²) in [6.07, 6.45) is 8.57. The summed E-state index contributed by atoms with van der Waals surface area (Å²) in [5, 5.41) is 4.04. The van der Waals surface area contributed by atoms with Crippen LogP contribution in [0.15, 0.2) is 41.5 Å². The number of nitrogens with one attached hydrogen (secondary N) is 1. The predicted molar refractivity (Wildman–Crippen MR) is 112 cm³/mol. The van der Waals surface area contributed by atoms with Crippen LogP contribution in [0.3, 0.4) is 0 Å². The lowest BCUT2D eigenvalue weighted by Crippen LogP contribution is -2.25. The molecule has 4 heterocycles. The Morgan fingerprint density at radius 3 is 2.82 bits per heavy atom. The van der Waals surface area contributed by atoms with E-state index < -0.39 is 0 Å². The third-order valence-corrected chi connectivity index (χ3v) is 6.04. The molecule has 0 bridgehead atoms. The second-order valence-electron chi connectivity index (χ2n) is 7.40. The molecular formula is C22H21ClN4O. The molecule has 0 fully saturated rings. The Morgan fingerprint density at radius 1 is 1.14 bits per heavy atom. The number of halogens is 1. The molecule has 0 saturated carbocycles. The van der Waals surface area contributed by atoms with Gasteiger partial charge in [0.2, 0.25) is 0 Å². The van der Waals surface area contributed by atoms with E-state index >= 15 is 0 Å². The van der Waals surface area contributed by atoms with Gasteiger partial charge in [-0.1, -0.05) is 11.6 Å². The standard InChI is InChI=1S/C22H21ClN4O/c1-26-20-11-16(3-4-17(20)18-6-8-24-13-21(18)26)27-9-7-14(10-22(27)28)19-5-2-15(23)12-25-19/h2,5,7,9-12,24H,3-4,6,8,13H2,1H3. The molecule has 5 nitrogen and oxygen atoms in total. The Kier molecular flexibility index (Phi) is 4.22. The van der Waals surface area contributed by atoms with Gasteiger partial charge in [0.05, 0.1) is 10.7 Å². The van der Waals surface area contributed by atoms with Gasteiger partial charge in [-0.3, -0.25) is 14.3 Å². The molecule has 3 aromatic heterocycles. The van der Waals surface area contributed by atoms with Crippen LogP contribution in [-0.4, -0.2) is 20.7 Å². The minimum atomic E-state index is -0.0374. The molecule has 2 aliphatic rings. The first kappa shape index (κ1) is 17.5. The maximum Gasteiger partial charge on any atom is 0.255 e. The molecular weight excluding hydrogens is 372 g/mol. The van der Waals surface area contributed by atoms with E-state index in [0.29, 0.717) is 5.02 Å². The van der Waals surface area contributed by atoms with Gasteiger partial charge in [0.15, 0.2) is 0 Å². The lowest BCUT2D eigenvalue weighted by molar-refractivity contribution is 0.608. The molecule has 1 aliphatic heterocycles. The van der Waals surface area contributed by atoms with E-state index in [-0.39, 0.29) is 5.56 Å². The Labute approximate surface area is 168 Å². The van der Waals surface area contributed by atoms with Gasteiger partial charge in [-0.2, -0.15) is 0 Å². The molecule has 6 heteroatoms. The van der Waals surface area contributed by atoms with E-state index in [4.69, 9.17) is 11.6 Å². The van der Waals surface area contributed by atoms with Crippen LogP contribution in [0.5, 0.6) is 0 Å². The van der Waals surface area contributed by atoms with Crippen LogP contribution in [0.25, 0.3) is 23.0 Å². The van der Waals surface area contributed by atoms with Crippen molar-refractivity contribution < 1.29 is 0 Å². The van der Waals surface area contributed by atoms with Gasteiger partial charge in [0, 0.05) is 54.7 Å². The zero-order valence-electron chi connectivity index (χ0n) is 15.7. The van der Waals surface area contributed by atoms with Gasteiger partial charge in [0.25, 0.3) is 5.56 Å². The molecule has 1 aliphatic carbocycles. The largest absolute Gasteiger partial charge is 0.346 e. The summed E-state index contributed by atoms with van der Waals surface area (Å²) in [5.41, 5.74) is 8.13. The van der Waals surface area contributed by atoms with Crippen molar-refractivity contribution in [3.63, 3.8) is 0 Å². The second-order valence-corrected chi connectivity index (χ2v) is 7.83. The highest BCUT2D eigenvalue weighted by molar-refractivity contribution is 6.30. The highest BCUT2D eigenvalue weighted by Gasteiger charge is 2.25. The smallest absolute Gasteiger partial charge is 0.255 e. The molecule has 0 amide bonds. The summed E-state index contributed by atoms with van der Waals surface area (Å²) in [6.45, 7) is 1.96. The van der Waals surface area contributed by atoms with Gasteiger partial charge < -0.3 is 9.88 Å². The van der Waals surface area contributed by atoms with E-state index in [0.717, 1.165) is 49.3 Å². The van der Waals surface area contributed by atoms with Crippen molar-refractivity contribution in [2.75, 3.05) is 6.54 Å². The summed E-state index contributed by atoms with van der Waals surface area (Å²) >= 11 is 5.91. The number of fused-ring (bicyclic) bond motifs is 3. The number of aromatic nitrogens is 3. The molecule has 142 valence electrons. The van der Waals surface area contributed by atoms with Crippen molar-refractivity contribution in [1.82, 2.24) is 19.4 Å². The van der Waals surface area contributed by atoms with E-state index in [1.54, 1.807) is 22.9 Å². The van der Waals surface area contributed by atoms with Crippen LogP contribution in [-0.2, 0) is 26.4 Å². The average Bonchev–Trinajstić information content (AvgIpc) is 3.01. The van der Waals surface area contributed by atoms with E-state index in [2.05, 4.69) is 28.0 Å². The normalized spacial score (nSPS) is 15.7. The van der Waals surface area contributed by atoms with Crippen molar-refractivity contribution >= 4 is 23.4 Å². The summed E-state index contributed by atoms with van der Waals surface area (Å²) in [6, 6.07) is 7.20. The maximum absolute atomic E-state index is 12.8. The van der Waals surface area contributed by atoms with Gasteiger partial charge in [-0.15, -0.1) is 0 Å². The van der Waals surface area contributed by atoms with Crippen molar-refractivity contribution in [2.24, 2.45) is 7.05 Å². The van der Waals surface area contributed by atoms with Crippen molar-refractivity contribution in [1.29, 1.82) is 0 Å². The Balaban J connectivity index is 1.54. The molecule has 0 saturated heterocycles.